The zero-order valence-corrected chi connectivity index (χ0v) is 23.5. The van der Waals surface area contributed by atoms with E-state index in [1.54, 1.807) is 0 Å². The number of ketones is 1. The van der Waals surface area contributed by atoms with Crippen LogP contribution in [0.3, 0.4) is 0 Å². The first-order valence-corrected chi connectivity index (χ1v) is 13.5. The number of carbonyl (C=O) groups excluding carboxylic acids is 4. The predicted octanol–water partition coefficient (Wildman–Crippen LogP) is 4.14. The van der Waals surface area contributed by atoms with Gasteiger partial charge in [-0.05, 0) is 37.1 Å². The Hall–Kier alpha value is -4.65. The van der Waals surface area contributed by atoms with Crippen LogP contribution in [-0.4, -0.2) is 65.5 Å². The number of benzene rings is 2. The molecule has 0 saturated heterocycles. The fraction of sp³-hybridized carbons (Fsp3) is 0.355. The van der Waals surface area contributed by atoms with Gasteiger partial charge in [-0.2, -0.15) is 13.2 Å². The molecule has 0 aromatic heterocycles. The topological polar surface area (TPSA) is 146 Å². The SMILES string of the molecule is CO[C@](C(=O)O[C@@H]([C@H]1C[C@@H]1C(=O)C(C)OC(=O)/C=C/c1ccc(O)c(O)c1)[C@H]1CC=CC(=O)O1)(c1ccccc1)C(F)(F)F. The minimum Gasteiger partial charge on any atom is -0.504 e. The van der Waals surface area contributed by atoms with Crippen molar-refractivity contribution in [3.8, 4) is 11.5 Å². The summed E-state index contributed by atoms with van der Waals surface area (Å²) in [5, 5.41) is 19.0. The van der Waals surface area contributed by atoms with E-state index in [1.165, 1.54) is 55.5 Å². The molecule has 234 valence electrons. The number of phenols is 2. The van der Waals surface area contributed by atoms with Crippen molar-refractivity contribution < 1.29 is 61.5 Å². The minimum absolute atomic E-state index is 0.0145. The molecular weight excluding hydrogens is 589 g/mol. The highest BCUT2D eigenvalue weighted by Gasteiger charge is 2.65. The van der Waals surface area contributed by atoms with Gasteiger partial charge in [0.15, 0.2) is 23.4 Å². The van der Waals surface area contributed by atoms with Crippen molar-refractivity contribution in [2.75, 3.05) is 7.11 Å². The molecule has 1 aliphatic carbocycles. The van der Waals surface area contributed by atoms with Gasteiger partial charge in [0, 0.05) is 43.1 Å². The number of esters is 3. The Morgan fingerprint density at radius 1 is 1.05 bits per heavy atom. The number of halogens is 3. The average molecular weight is 619 g/mol. The second kappa shape index (κ2) is 12.9. The first kappa shape index (κ1) is 32.3. The van der Waals surface area contributed by atoms with Crippen LogP contribution in [0.4, 0.5) is 13.2 Å². The number of hydrogen-bond acceptors (Lipinski definition) is 10. The smallest absolute Gasteiger partial charge is 0.432 e. The second-order valence-corrected chi connectivity index (χ2v) is 10.3. The maximum absolute atomic E-state index is 14.5. The molecule has 1 fully saturated rings. The van der Waals surface area contributed by atoms with Crippen molar-refractivity contribution in [3.63, 3.8) is 0 Å². The van der Waals surface area contributed by atoms with E-state index >= 15 is 0 Å². The molecule has 2 N–H and O–H groups in total. The van der Waals surface area contributed by atoms with Gasteiger partial charge in [0.25, 0.3) is 5.60 Å². The Labute approximate surface area is 249 Å². The molecule has 13 heteroatoms. The first-order valence-electron chi connectivity index (χ1n) is 13.5. The molecule has 1 aliphatic heterocycles. The van der Waals surface area contributed by atoms with Gasteiger partial charge >= 0.3 is 24.1 Å². The highest BCUT2D eigenvalue weighted by Crippen LogP contribution is 2.49. The zero-order chi connectivity index (χ0) is 32.2. The molecule has 2 aliphatic rings. The third-order valence-corrected chi connectivity index (χ3v) is 7.40. The fourth-order valence-corrected chi connectivity index (χ4v) is 5.06. The quantitative estimate of drug-likeness (QED) is 0.163. The fourth-order valence-electron chi connectivity index (χ4n) is 5.06. The third kappa shape index (κ3) is 6.77. The molecule has 1 unspecified atom stereocenters. The number of aromatic hydroxyl groups is 2. The highest BCUT2D eigenvalue weighted by molar-refractivity contribution is 5.93. The largest absolute Gasteiger partial charge is 0.504 e. The summed E-state index contributed by atoms with van der Waals surface area (Å²) in [7, 11) is 0.721. The van der Waals surface area contributed by atoms with Crippen LogP contribution < -0.4 is 0 Å². The Kier molecular flexibility index (Phi) is 9.47. The van der Waals surface area contributed by atoms with E-state index in [4.69, 9.17) is 18.9 Å². The summed E-state index contributed by atoms with van der Waals surface area (Å²) in [6, 6.07) is 10.0. The van der Waals surface area contributed by atoms with Crippen molar-refractivity contribution >= 4 is 29.8 Å². The summed E-state index contributed by atoms with van der Waals surface area (Å²) in [4.78, 5) is 50.8. The van der Waals surface area contributed by atoms with E-state index in [0.717, 1.165) is 31.4 Å². The van der Waals surface area contributed by atoms with E-state index in [2.05, 4.69) is 0 Å². The number of cyclic esters (lactones) is 1. The molecule has 2 aromatic carbocycles. The van der Waals surface area contributed by atoms with Crippen molar-refractivity contribution in [2.24, 2.45) is 11.8 Å². The monoisotopic (exact) mass is 618 g/mol. The number of phenolic OH excluding ortho intramolecular Hbond substituents is 2. The number of rotatable bonds is 11. The molecule has 2 aromatic rings. The van der Waals surface area contributed by atoms with Gasteiger partial charge in [-0.3, -0.25) is 4.79 Å². The third-order valence-electron chi connectivity index (χ3n) is 7.40. The van der Waals surface area contributed by atoms with Crippen LogP contribution in [-0.2, 0) is 43.7 Å². The van der Waals surface area contributed by atoms with Gasteiger partial charge in [0.2, 0.25) is 0 Å². The number of methoxy groups -OCH3 is 1. The van der Waals surface area contributed by atoms with Crippen molar-refractivity contribution in [2.45, 2.75) is 49.9 Å². The summed E-state index contributed by atoms with van der Waals surface area (Å²) < 4.78 is 64.1. The number of hydrogen-bond donors (Lipinski definition) is 2. The van der Waals surface area contributed by atoms with E-state index in [-0.39, 0.29) is 18.6 Å². The summed E-state index contributed by atoms with van der Waals surface area (Å²) in [5.74, 6) is -6.53. The van der Waals surface area contributed by atoms with Crippen LogP contribution in [0.2, 0.25) is 0 Å². The summed E-state index contributed by atoms with van der Waals surface area (Å²) in [6.07, 6.45) is -4.24. The summed E-state index contributed by atoms with van der Waals surface area (Å²) >= 11 is 0. The lowest BCUT2D eigenvalue weighted by atomic mass is 9.92. The van der Waals surface area contributed by atoms with Gasteiger partial charge in [-0.15, -0.1) is 0 Å². The maximum atomic E-state index is 14.5. The normalized spacial score (nSPS) is 22.4. The molecule has 0 radical (unpaired) electrons. The lowest BCUT2D eigenvalue weighted by molar-refractivity contribution is -0.280. The Morgan fingerprint density at radius 2 is 1.75 bits per heavy atom. The minimum atomic E-state index is -5.25. The summed E-state index contributed by atoms with van der Waals surface area (Å²) in [6.45, 7) is 1.31. The first-order chi connectivity index (χ1) is 20.8. The molecular formula is C31H29F3O10. The molecule has 10 nitrogen and oxygen atoms in total. The molecule has 4 rings (SSSR count). The highest BCUT2D eigenvalue weighted by atomic mass is 19.4. The average Bonchev–Trinajstić information content (AvgIpc) is 3.77. The van der Waals surface area contributed by atoms with Crippen LogP contribution >= 0.6 is 0 Å². The number of ether oxygens (including phenoxy) is 4. The van der Waals surface area contributed by atoms with Gasteiger partial charge < -0.3 is 29.2 Å². The van der Waals surface area contributed by atoms with Crippen molar-refractivity contribution in [1.29, 1.82) is 0 Å². The van der Waals surface area contributed by atoms with E-state index in [0.29, 0.717) is 5.56 Å². The molecule has 0 bridgehead atoms. The van der Waals surface area contributed by atoms with Crippen LogP contribution in [0.15, 0.2) is 66.8 Å². The summed E-state index contributed by atoms with van der Waals surface area (Å²) in [5.41, 5.74) is -3.67. The zero-order valence-electron chi connectivity index (χ0n) is 23.5. The molecule has 0 spiro atoms. The van der Waals surface area contributed by atoms with Crippen LogP contribution in [0, 0.1) is 11.8 Å². The molecule has 1 heterocycles. The maximum Gasteiger partial charge on any atom is 0.432 e. The lowest BCUT2D eigenvalue weighted by Crippen LogP contribution is -2.54. The Bertz CT molecular complexity index is 1470. The Balaban J connectivity index is 1.50. The van der Waals surface area contributed by atoms with Crippen molar-refractivity contribution in [3.05, 3.63) is 77.9 Å². The van der Waals surface area contributed by atoms with Crippen LogP contribution in [0.5, 0.6) is 11.5 Å². The molecule has 1 saturated carbocycles. The van der Waals surface area contributed by atoms with Gasteiger partial charge in [0.05, 0.1) is 0 Å². The van der Waals surface area contributed by atoms with Crippen LogP contribution in [0.1, 0.15) is 30.9 Å². The predicted molar refractivity (Wildman–Crippen MR) is 146 cm³/mol. The molecule has 6 atom stereocenters. The van der Waals surface area contributed by atoms with Gasteiger partial charge in [0.1, 0.15) is 12.2 Å². The van der Waals surface area contributed by atoms with E-state index < -0.39 is 76.9 Å². The standard InChI is InChI=1S/C31H29F3O10/c1-17(42-26(38)14-12-18-11-13-22(35)23(36)15-18)27(39)20-16-21(20)28(24-9-6-10-25(37)43-24)44-29(40)30(41-2,31(32,33)34)19-7-4-3-5-8-19/h3-8,10-15,17,20-21,24,28,35-36H,9,16H2,1-2H3/b14-12+/t17?,20-,21-,24+,28-,30-/m0/s1. The molecule has 0 amide bonds. The van der Waals surface area contributed by atoms with Crippen molar-refractivity contribution in [1.82, 2.24) is 0 Å². The van der Waals surface area contributed by atoms with Gasteiger partial charge in [-0.25, -0.2) is 14.4 Å². The van der Waals surface area contributed by atoms with Gasteiger partial charge in [-0.1, -0.05) is 42.5 Å². The lowest BCUT2D eigenvalue weighted by Gasteiger charge is -2.35. The molecule has 44 heavy (non-hydrogen) atoms. The second-order valence-electron chi connectivity index (χ2n) is 10.3. The Morgan fingerprint density at radius 3 is 2.36 bits per heavy atom. The van der Waals surface area contributed by atoms with Crippen LogP contribution in [0.25, 0.3) is 6.08 Å². The number of Topliss-reactive ketones (excluding diaryl/α,β-unsaturated/α-hetero) is 1. The number of carbonyl (C=O) groups is 4. The van der Waals surface area contributed by atoms with E-state index in [9.17, 15) is 42.6 Å². The van der Waals surface area contributed by atoms with E-state index in [1.807, 2.05) is 0 Å². The number of alkyl halides is 3.